The lowest BCUT2D eigenvalue weighted by Gasteiger charge is -2.18. The van der Waals surface area contributed by atoms with E-state index in [0.717, 1.165) is 24.1 Å². The van der Waals surface area contributed by atoms with Crippen LogP contribution < -0.4 is 0 Å². The van der Waals surface area contributed by atoms with Crippen molar-refractivity contribution in [2.45, 2.75) is 32.4 Å². The molecule has 0 radical (unpaired) electrons. The van der Waals surface area contributed by atoms with Gasteiger partial charge < -0.3 is 9.63 Å². The Morgan fingerprint density at radius 1 is 1.52 bits per heavy atom. The van der Waals surface area contributed by atoms with Crippen molar-refractivity contribution in [1.29, 1.82) is 0 Å². The Bertz CT molecular complexity index is 653. The average Bonchev–Trinajstić information content (AvgIpc) is 3.08. The lowest BCUT2D eigenvalue weighted by molar-refractivity contribution is -0.142. The van der Waals surface area contributed by atoms with Gasteiger partial charge in [-0.05, 0) is 32.4 Å². The maximum absolute atomic E-state index is 11.2. The van der Waals surface area contributed by atoms with Crippen molar-refractivity contribution in [3.05, 3.63) is 35.7 Å². The number of carboxylic acid groups (broad SMARTS) is 1. The normalized spacial score (nSPS) is 19.0. The van der Waals surface area contributed by atoms with Crippen LogP contribution in [0.1, 0.15) is 24.3 Å². The number of aryl methyl sites for hydroxylation is 1. The molecular formula is C15H17N3O3. The number of benzene rings is 1. The summed E-state index contributed by atoms with van der Waals surface area (Å²) >= 11 is 0. The third-order valence-electron chi connectivity index (χ3n) is 3.73. The largest absolute Gasteiger partial charge is 0.480 e. The molecule has 3 rings (SSSR count). The van der Waals surface area contributed by atoms with Crippen molar-refractivity contribution >= 4 is 5.97 Å². The predicted octanol–water partition coefficient (Wildman–Crippen LogP) is 2.09. The molecule has 0 saturated carbocycles. The molecule has 1 aliphatic rings. The molecule has 1 aromatic carbocycles. The topological polar surface area (TPSA) is 79.5 Å². The Hall–Kier alpha value is -2.21. The SMILES string of the molecule is Cc1cccc(-c2noc(CN3CCCC3C(=O)O)n2)c1. The molecule has 1 saturated heterocycles. The maximum atomic E-state index is 11.2. The minimum atomic E-state index is -0.786. The van der Waals surface area contributed by atoms with Gasteiger partial charge in [-0.1, -0.05) is 28.9 Å². The molecule has 6 nitrogen and oxygen atoms in total. The molecule has 1 unspecified atom stereocenters. The summed E-state index contributed by atoms with van der Waals surface area (Å²) in [5.74, 6) is 0.213. The number of carbonyl (C=O) groups is 1. The zero-order valence-corrected chi connectivity index (χ0v) is 11.8. The van der Waals surface area contributed by atoms with Crippen LogP contribution in [0.4, 0.5) is 0 Å². The van der Waals surface area contributed by atoms with Crippen LogP contribution in [0.2, 0.25) is 0 Å². The molecule has 1 fully saturated rings. The zero-order chi connectivity index (χ0) is 14.8. The number of rotatable bonds is 4. The summed E-state index contributed by atoms with van der Waals surface area (Å²) in [6, 6.07) is 7.43. The van der Waals surface area contributed by atoms with Crippen LogP contribution in [0.15, 0.2) is 28.8 Å². The quantitative estimate of drug-likeness (QED) is 0.927. The predicted molar refractivity (Wildman–Crippen MR) is 75.5 cm³/mol. The van der Waals surface area contributed by atoms with Crippen LogP contribution in [0.25, 0.3) is 11.4 Å². The Morgan fingerprint density at radius 2 is 2.38 bits per heavy atom. The molecule has 2 heterocycles. The van der Waals surface area contributed by atoms with Gasteiger partial charge in [-0.15, -0.1) is 0 Å². The van der Waals surface area contributed by atoms with E-state index >= 15 is 0 Å². The smallest absolute Gasteiger partial charge is 0.320 e. The highest BCUT2D eigenvalue weighted by atomic mass is 16.5. The van der Waals surface area contributed by atoms with E-state index in [4.69, 9.17) is 9.63 Å². The lowest BCUT2D eigenvalue weighted by atomic mass is 10.1. The first-order valence-corrected chi connectivity index (χ1v) is 7.00. The van der Waals surface area contributed by atoms with E-state index in [2.05, 4.69) is 10.1 Å². The maximum Gasteiger partial charge on any atom is 0.320 e. The molecule has 110 valence electrons. The van der Waals surface area contributed by atoms with Crippen LogP contribution in [-0.2, 0) is 11.3 Å². The standard InChI is InChI=1S/C15H17N3O3/c1-10-4-2-5-11(8-10)14-16-13(21-17-14)9-18-7-3-6-12(18)15(19)20/h2,4-5,8,12H,3,6-7,9H2,1H3,(H,19,20). The van der Waals surface area contributed by atoms with Crippen LogP contribution in [0.5, 0.6) is 0 Å². The third-order valence-corrected chi connectivity index (χ3v) is 3.73. The number of aliphatic carboxylic acids is 1. The molecular weight excluding hydrogens is 270 g/mol. The fraction of sp³-hybridized carbons (Fsp3) is 0.400. The van der Waals surface area contributed by atoms with Crippen molar-refractivity contribution < 1.29 is 14.4 Å². The van der Waals surface area contributed by atoms with Gasteiger partial charge in [0.05, 0.1) is 6.54 Å². The Morgan fingerprint density at radius 3 is 3.14 bits per heavy atom. The Labute approximate surface area is 122 Å². The summed E-state index contributed by atoms with van der Waals surface area (Å²) in [7, 11) is 0. The van der Waals surface area contributed by atoms with Crippen molar-refractivity contribution in [1.82, 2.24) is 15.0 Å². The first kappa shape index (κ1) is 13.8. The highest BCUT2D eigenvalue weighted by Gasteiger charge is 2.31. The van der Waals surface area contributed by atoms with E-state index in [1.165, 1.54) is 0 Å². The number of nitrogens with zero attached hydrogens (tertiary/aromatic N) is 3. The molecule has 6 heteroatoms. The van der Waals surface area contributed by atoms with Gasteiger partial charge in [0, 0.05) is 5.56 Å². The lowest BCUT2D eigenvalue weighted by Crippen LogP contribution is -2.35. The van der Waals surface area contributed by atoms with Gasteiger partial charge in [0.1, 0.15) is 6.04 Å². The molecule has 0 spiro atoms. The van der Waals surface area contributed by atoms with Gasteiger partial charge in [-0.2, -0.15) is 4.98 Å². The van der Waals surface area contributed by atoms with Gasteiger partial charge in [0.25, 0.3) is 0 Å². The summed E-state index contributed by atoms with van der Waals surface area (Å²) in [5.41, 5.74) is 2.03. The molecule has 2 aromatic rings. The van der Waals surface area contributed by atoms with Gasteiger partial charge in [0.2, 0.25) is 11.7 Å². The van der Waals surface area contributed by atoms with E-state index in [0.29, 0.717) is 24.7 Å². The van der Waals surface area contributed by atoms with Gasteiger partial charge in [-0.3, -0.25) is 9.69 Å². The summed E-state index contributed by atoms with van der Waals surface area (Å²) < 4.78 is 5.25. The minimum absolute atomic E-state index is 0.385. The van der Waals surface area contributed by atoms with Crippen molar-refractivity contribution in [2.75, 3.05) is 6.54 Å². The highest BCUT2D eigenvalue weighted by molar-refractivity contribution is 5.73. The summed E-state index contributed by atoms with van der Waals surface area (Å²) in [5, 5.41) is 13.1. The molecule has 0 bridgehead atoms. The van der Waals surface area contributed by atoms with Crippen LogP contribution in [0.3, 0.4) is 0 Å². The van der Waals surface area contributed by atoms with Crippen LogP contribution >= 0.6 is 0 Å². The average molecular weight is 287 g/mol. The first-order chi connectivity index (χ1) is 10.1. The number of aromatic nitrogens is 2. The minimum Gasteiger partial charge on any atom is -0.480 e. The molecule has 0 aliphatic carbocycles. The summed E-state index contributed by atoms with van der Waals surface area (Å²) in [6.07, 6.45) is 1.56. The highest BCUT2D eigenvalue weighted by Crippen LogP contribution is 2.21. The summed E-state index contributed by atoms with van der Waals surface area (Å²) in [4.78, 5) is 17.4. The van der Waals surface area contributed by atoms with Crippen LogP contribution in [-0.4, -0.2) is 38.7 Å². The van der Waals surface area contributed by atoms with Gasteiger partial charge in [0.15, 0.2) is 0 Å². The fourth-order valence-corrected chi connectivity index (χ4v) is 2.69. The van der Waals surface area contributed by atoms with Gasteiger partial charge in [-0.25, -0.2) is 0 Å². The molecule has 1 aliphatic heterocycles. The second-order valence-corrected chi connectivity index (χ2v) is 5.35. The Balaban J connectivity index is 1.75. The first-order valence-electron chi connectivity index (χ1n) is 7.00. The van der Waals surface area contributed by atoms with E-state index in [-0.39, 0.29) is 0 Å². The monoisotopic (exact) mass is 287 g/mol. The van der Waals surface area contributed by atoms with Crippen molar-refractivity contribution in [3.8, 4) is 11.4 Å². The molecule has 0 amide bonds. The Kier molecular flexibility index (Phi) is 3.70. The number of hydrogen-bond donors (Lipinski definition) is 1. The fourth-order valence-electron chi connectivity index (χ4n) is 2.69. The second kappa shape index (κ2) is 5.65. The zero-order valence-electron chi connectivity index (χ0n) is 11.8. The van der Waals surface area contributed by atoms with E-state index < -0.39 is 12.0 Å². The van der Waals surface area contributed by atoms with Crippen molar-refractivity contribution in [3.63, 3.8) is 0 Å². The van der Waals surface area contributed by atoms with Crippen LogP contribution in [0, 0.1) is 6.92 Å². The van der Waals surface area contributed by atoms with Gasteiger partial charge >= 0.3 is 5.97 Å². The van der Waals surface area contributed by atoms with Crippen molar-refractivity contribution in [2.24, 2.45) is 0 Å². The van der Waals surface area contributed by atoms with E-state index in [9.17, 15) is 4.79 Å². The molecule has 1 atom stereocenters. The number of hydrogen-bond acceptors (Lipinski definition) is 5. The molecule has 1 aromatic heterocycles. The summed E-state index contributed by atoms with van der Waals surface area (Å²) in [6.45, 7) is 3.14. The molecule has 21 heavy (non-hydrogen) atoms. The third kappa shape index (κ3) is 2.95. The van der Waals surface area contributed by atoms with E-state index in [1.807, 2.05) is 36.1 Å². The van der Waals surface area contributed by atoms with E-state index in [1.54, 1.807) is 0 Å². The molecule has 1 N–H and O–H groups in total. The number of likely N-dealkylation sites (tertiary alicyclic amines) is 1. The second-order valence-electron chi connectivity index (χ2n) is 5.35. The number of carboxylic acids is 1.